The van der Waals surface area contributed by atoms with Crippen molar-refractivity contribution >= 4 is 28.8 Å². The van der Waals surface area contributed by atoms with Crippen molar-refractivity contribution in [2.75, 3.05) is 21.3 Å². The van der Waals surface area contributed by atoms with Crippen molar-refractivity contribution in [3.8, 4) is 17.2 Å². The summed E-state index contributed by atoms with van der Waals surface area (Å²) >= 11 is 0. The summed E-state index contributed by atoms with van der Waals surface area (Å²) < 4.78 is 16.2. The van der Waals surface area contributed by atoms with Crippen LogP contribution in [0.1, 0.15) is 11.1 Å². The van der Waals surface area contributed by atoms with Gasteiger partial charge in [0.25, 0.3) is 0 Å². The molecule has 0 bridgehead atoms. The first kappa shape index (κ1) is 17.5. The highest BCUT2D eigenvalue weighted by Crippen LogP contribution is 2.34. The molecular formula is C22H21NO3. The summed E-state index contributed by atoms with van der Waals surface area (Å²) in [5, 5.41) is 2.06. The van der Waals surface area contributed by atoms with E-state index in [4.69, 9.17) is 19.2 Å². The molecule has 0 aliphatic heterocycles. The first-order chi connectivity index (χ1) is 12.7. The van der Waals surface area contributed by atoms with Crippen LogP contribution in [-0.4, -0.2) is 27.5 Å². The molecule has 0 fully saturated rings. The van der Waals surface area contributed by atoms with Crippen molar-refractivity contribution in [3.63, 3.8) is 0 Å². The SMILES string of the molecule is C=Cc1cc(OC)c(OC)cc1C=Nc1ccc(OC)c2ccccc12. The zero-order valence-corrected chi connectivity index (χ0v) is 15.2. The standard InChI is InChI=1S/C22H21NO3/c1-5-15-12-21(25-3)22(26-4)13-16(15)14-23-19-10-11-20(24-2)18-9-7-6-8-17(18)19/h5-14H,1H2,2-4H3. The third kappa shape index (κ3) is 3.26. The van der Waals surface area contributed by atoms with E-state index < -0.39 is 0 Å². The Kier molecular flexibility index (Phi) is 5.23. The largest absolute Gasteiger partial charge is 0.496 e. The highest BCUT2D eigenvalue weighted by Gasteiger charge is 2.09. The fraction of sp³-hybridized carbons (Fsp3) is 0.136. The Bertz CT molecular complexity index is 977. The first-order valence-corrected chi connectivity index (χ1v) is 8.20. The van der Waals surface area contributed by atoms with Crippen LogP contribution >= 0.6 is 0 Å². The van der Waals surface area contributed by atoms with Crippen LogP contribution in [0.3, 0.4) is 0 Å². The molecule has 3 aromatic carbocycles. The van der Waals surface area contributed by atoms with Crippen LogP contribution in [0.25, 0.3) is 16.8 Å². The highest BCUT2D eigenvalue weighted by molar-refractivity contribution is 5.99. The summed E-state index contributed by atoms with van der Waals surface area (Å²) in [6.45, 7) is 3.88. The van der Waals surface area contributed by atoms with E-state index in [-0.39, 0.29) is 0 Å². The molecular weight excluding hydrogens is 326 g/mol. The highest BCUT2D eigenvalue weighted by atomic mass is 16.5. The van der Waals surface area contributed by atoms with Gasteiger partial charge in [0, 0.05) is 22.6 Å². The number of ether oxygens (including phenoxy) is 3. The van der Waals surface area contributed by atoms with Crippen LogP contribution in [0, 0.1) is 0 Å². The Morgan fingerprint density at radius 3 is 2.00 bits per heavy atom. The second-order valence-corrected chi connectivity index (χ2v) is 5.63. The van der Waals surface area contributed by atoms with Gasteiger partial charge in [0.1, 0.15) is 5.75 Å². The molecule has 3 aromatic rings. The summed E-state index contributed by atoms with van der Waals surface area (Å²) in [6.07, 6.45) is 3.59. The maximum Gasteiger partial charge on any atom is 0.161 e. The molecule has 0 aliphatic carbocycles. The van der Waals surface area contributed by atoms with Gasteiger partial charge in [0.2, 0.25) is 0 Å². The van der Waals surface area contributed by atoms with Gasteiger partial charge < -0.3 is 14.2 Å². The fourth-order valence-corrected chi connectivity index (χ4v) is 2.88. The molecule has 0 aliphatic rings. The maximum atomic E-state index is 5.44. The molecule has 0 unspecified atom stereocenters. The lowest BCUT2D eigenvalue weighted by molar-refractivity contribution is 0.355. The van der Waals surface area contributed by atoms with Gasteiger partial charge in [-0.15, -0.1) is 0 Å². The van der Waals surface area contributed by atoms with Crippen molar-refractivity contribution in [3.05, 3.63) is 66.2 Å². The molecule has 4 nitrogen and oxygen atoms in total. The van der Waals surface area contributed by atoms with E-state index >= 15 is 0 Å². The number of nitrogens with zero attached hydrogens (tertiary/aromatic N) is 1. The van der Waals surface area contributed by atoms with Crippen LogP contribution in [0.5, 0.6) is 17.2 Å². The van der Waals surface area contributed by atoms with Crippen molar-refractivity contribution in [2.45, 2.75) is 0 Å². The van der Waals surface area contributed by atoms with Crippen molar-refractivity contribution in [1.29, 1.82) is 0 Å². The van der Waals surface area contributed by atoms with Gasteiger partial charge in [-0.3, -0.25) is 4.99 Å². The first-order valence-electron chi connectivity index (χ1n) is 8.20. The Morgan fingerprint density at radius 1 is 0.769 bits per heavy atom. The maximum absolute atomic E-state index is 5.44. The minimum atomic E-state index is 0.652. The molecule has 0 atom stereocenters. The number of hydrogen-bond donors (Lipinski definition) is 0. The number of fused-ring (bicyclic) bond motifs is 1. The van der Waals surface area contributed by atoms with Crippen LogP contribution in [0.15, 0.2) is 60.1 Å². The van der Waals surface area contributed by atoms with E-state index in [0.29, 0.717) is 11.5 Å². The summed E-state index contributed by atoms with van der Waals surface area (Å²) in [7, 11) is 4.90. The zero-order valence-electron chi connectivity index (χ0n) is 15.2. The van der Waals surface area contributed by atoms with Gasteiger partial charge >= 0.3 is 0 Å². The van der Waals surface area contributed by atoms with E-state index in [1.807, 2.05) is 54.7 Å². The van der Waals surface area contributed by atoms with E-state index in [0.717, 1.165) is 33.3 Å². The second kappa shape index (κ2) is 7.74. The Labute approximate surface area is 153 Å². The molecule has 0 aromatic heterocycles. The van der Waals surface area contributed by atoms with Crippen LogP contribution < -0.4 is 14.2 Å². The molecule has 132 valence electrons. The van der Waals surface area contributed by atoms with E-state index in [2.05, 4.69) is 6.58 Å². The predicted octanol–water partition coefficient (Wildman–Crippen LogP) is 5.26. The van der Waals surface area contributed by atoms with Crippen molar-refractivity contribution in [2.24, 2.45) is 4.99 Å². The van der Waals surface area contributed by atoms with Gasteiger partial charge in [0.05, 0.1) is 27.0 Å². The molecule has 0 N–H and O–H groups in total. The minimum Gasteiger partial charge on any atom is -0.496 e. The molecule has 3 rings (SSSR count). The Balaban J connectivity index is 2.08. The lowest BCUT2D eigenvalue weighted by Gasteiger charge is -2.11. The summed E-state index contributed by atoms with van der Waals surface area (Å²) in [5.74, 6) is 2.14. The van der Waals surface area contributed by atoms with Gasteiger partial charge in [-0.25, -0.2) is 0 Å². The van der Waals surface area contributed by atoms with E-state index in [9.17, 15) is 0 Å². The molecule has 4 heteroatoms. The van der Waals surface area contributed by atoms with Crippen LogP contribution in [-0.2, 0) is 0 Å². The average Bonchev–Trinajstić information content (AvgIpc) is 2.71. The molecule has 26 heavy (non-hydrogen) atoms. The van der Waals surface area contributed by atoms with Crippen LogP contribution in [0.2, 0.25) is 0 Å². The quantitative estimate of drug-likeness (QED) is 0.571. The van der Waals surface area contributed by atoms with Gasteiger partial charge in [-0.1, -0.05) is 36.9 Å². The van der Waals surface area contributed by atoms with E-state index in [1.165, 1.54) is 0 Å². The molecule has 0 heterocycles. The van der Waals surface area contributed by atoms with Crippen molar-refractivity contribution in [1.82, 2.24) is 0 Å². The minimum absolute atomic E-state index is 0.652. The van der Waals surface area contributed by atoms with Crippen molar-refractivity contribution < 1.29 is 14.2 Å². The lowest BCUT2D eigenvalue weighted by Crippen LogP contribution is -1.95. The number of rotatable bonds is 6. The normalized spacial score (nSPS) is 10.9. The molecule has 0 radical (unpaired) electrons. The second-order valence-electron chi connectivity index (χ2n) is 5.63. The number of aliphatic imine (C=N–C) groups is 1. The zero-order chi connectivity index (χ0) is 18.5. The summed E-state index contributed by atoms with van der Waals surface area (Å²) in [4.78, 5) is 4.69. The molecule has 0 saturated carbocycles. The van der Waals surface area contributed by atoms with Gasteiger partial charge in [-0.05, 0) is 29.8 Å². The topological polar surface area (TPSA) is 40.0 Å². The number of methoxy groups -OCH3 is 3. The Morgan fingerprint density at radius 2 is 1.38 bits per heavy atom. The summed E-state index contributed by atoms with van der Waals surface area (Å²) in [5.41, 5.74) is 2.69. The fourth-order valence-electron chi connectivity index (χ4n) is 2.88. The Hall–Kier alpha value is -3.27. The predicted molar refractivity (Wildman–Crippen MR) is 107 cm³/mol. The molecule has 0 amide bonds. The lowest BCUT2D eigenvalue weighted by atomic mass is 10.1. The number of hydrogen-bond acceptors (Lipinski definition) is 4. The van der Waals surface area contributed by atoms with Crippen LogP contribution in [0.4, 0.5) is 5.69 Å². The average molecular weight is 347 g/mol. The molecule has 0 spiro atoms. The van der Waals surface area contributed by atoms with Gasteiger partial charge in [-0.2, -0.15) is 0 Å². The summed E-state index contributed by atoms with van der Waals surface area (Å²) in [6, 6.07) is 15.7. The monoisotopic (exact) mass is 347 g/mol. The third-order valence-electron chi connectivity index (χ3n) is 4.23. The molecule has 0 saturated heterocycles. The smallest absolute Gasteiger partial charge is 0.161 e. The number of benzene rings is 3. The van der Waals surface area contributed by atoms with Gasteiger partial charge in [0.15, 0.2) is 11.5 Å². The van der Waals surface area contributed by atoms with E-state index in [1.54, 1.807) is 27.4 Å². The third-order valence-corrected chi connectivity index (χ3v) is 4.23.